The van der Waals surface area contributed by atoms with Crippen LogP contribution in [0.3, 0.4) is 0 Å². The molecule has 0 atom stereocenters. The predicted octanol–water partition coefficient (Wildman–Crippen LogP) is 3.16. The summed E-state index contributed by atoms with van der Waals surface area (Å²) in [7, 11) is -3.99. The summed E-state index contributed by atoms with van der Waals surface area (Å²) in [6.07, 6.45) is 1.07. The van der Waals surface area contributed by atoms with E-state index >= 15 is 0 Å². The first-order valence-electron chi connectivity index (χ1n) is 4.88. The smallest absolute Gasteiger partial charge is 0.272 e. The summed E-state index contributed by atoms with van der Waals surface area (Å²) in [5.74, 6) is 0. The van der Waals surface area contributed by atoms with E-state index in [1.807, 2.05) is 0 Å². The molecule has 1 N–H and O–H groups in total. The summed E-state index contributed by atoms with van der Waals surface area (Å²) >= 11 is 11.9. The van der Waals surface area contributed by atoms with Crippen LogP contribution in [0.1, 0.15) is 0 Å². The number of nitrogens with zero attached hydrogens (tertiary/aromatic N) is 2. The third kappa shape index (κ3) is 3.18. The highest BCUT2D eigenvalue weighted by Gasteiger charge is 2.23. The summed E-state index contributed by atoms with van der Waals surface area (Å²) in [5.41, 5.74) is -0.638. The van der Waals surface area contributed by atoms with Crippen LogP contribution in [0.4, 0.5) is 11.4 Å². The Hall–Kier alpha value is -1.42. The Kier molecular flexibility index (Phi) is 4.14. The number of anilines is 1. The molecule has 0 amide bonds. The van der Waals surface area contributed by atoms with Gasteiger partial charge in [-0.15, -0.1) is 0 Å². The quantitative estimate of drug-likeness (QED) is 0.671. The Bertz CT molecular complexity index is 775. The molecule has 11 heteroatoms. The highest BCUT2D eigenvalue weighted by atomic mass is 35.5. The van der Waals surface area contributed by atoms with Crippen molar-refractivity contribution in [2.75, 3.05) is 4.72 Å². The largest absolute Gasteiger partial charge is 0.294 e. The van der Waals surface area contributed by atoms with E-state index in [-0.39, 0.29) is 19.4 Å². The van der Waals surface area contributed by atoms with E-state index in [0.29, 0.717) is 0 Å². The van der Waals surface area contributed by atoms with Crippen molar-refractivity contribution in [3.05, 3.63) is 44.0 Å². The van der Waals surface area contributed by atoms with Crippen molar-refractivity contribution in [2.45, 2.75) is 4.21 Å². The summed E-state index contributed by atoms with van der Waals surface area (Å²) in [4.78, 5) is 13.8. The molecule has 0 aliphatic carbocycles. The second-order valence-electron chi connectivity index (χ2n) is 3.46. The molecule has 0 radical (unpaired) electrons. The molecule has 0 aliphatic rings. The molecule has 106 valence electrons. The SMILES string of the molecule is O=[N+]([O-])c1cc(Cl)ccc1NS(=O)(=O)c1cnc(Cl)s1. The highest BCUT2D eigenvalue weighted by molar-refractivity contribution is 7.94. The maximum atomic E-state index is 12.0. The zero-order chi connectivity index (χ0) is 14.9. The molecule has 0 saturated carbocycles. The first-order chi connectivity index (χ1) is 9.29. The number of nitrogens with one attached hydrogen (secondary N) is 1. The normalized spacial score (nSPS) is 11.3. The number of rotatable bonds is 4. The summed E-state index contributed by atoms with van der Waals surface area (Å²) in [5, 5.41) is 11.0. The molecular formula is C9H5Cl2N3O4S2. The number of sulfonamides is 1. The lowest BCUT2D eigenvalue weighted by Crippen LogP contribution is -2.12. The number of halogens is 2. The lowest BCUT2D eigenvalue weighted by atomic mass is 10.3. The molecule has 0 saturated heterocycles. The van der Waals surface area contributed by atoms with Gasteiger partial charge >= 0.3 is 0 Å². The van der Waals surface area contributed by atoms with Crippen LogP contribution >= 0.6 is 34.5 Å². The predicted molar refractivity (Wildman–Crippen MR) is 76.0 cm³/mol. The molecule has 2 aromatic rings. The van der Waals surface area contributed by atoms with Gasteiger partial charge in [0.05, 0.1) is 11.1 Å². The molecule has 0 aliphatic heterocycles. The highest BCUT2D eigenvalue weighted by Crippen LogP contribution is 2.31. The maximum absolute atomic E-state index is 12.0. The van der Waals surface area contributed by atoms with Gasteiger partial charge in [-0.25, -0.2) is 13.4 Å². The zero-order valence-corrected chi connectivity index (χ0v) is 12.6. The Balaban J connectivity index is 2.42. The van der Waals surface area contributed by atoms with Crippen LogP contribution in [0, 0.1) is 10.1 Å². The van der Waals surface area contributed by atoms with Gasteiger partial charge in [0.15, 0.2) is 8.68 Å². The minimum Gasteiger partial charge on any atom is -0.272 e. The van der Waals surface area contributed by atoms with E-state index in [9.17, 15) is 18.5 Å². The molecule has 7 nitrogen and oxygen atoms in total. The molecule has 1 aromatic carbocycles. The average Bonchev–Trinajstić information content (AvgIpc) is 2.78. The van der Waals surface area contributed by atoms with Crippen LogP contribution in [-0.4, -0.2) is 18.3 Å². The second-order valence-corrected chi connectivity index (χ2v) is 7.41. The molecule has 0 unspecified atom stereocenters. The molecule has 0 bridgehead atoms. The Morgan fingerprint density at radius 2 is 2.05 bits per heavy atom. The standard InChI is InChI=1S/C9H5Cl2N3O4S2/c10-5-1-2-6(7(3-5)14(15)16)13-20(17,18)8-4-12-9(11)19-8/h1-4,13H. The monoisotopic (exact) mass is 353 g/mol. The summed E-state index contributed by atoms with van der Waals surface area (Å²) < 4.78 is 26.1. The van der Waals surface area contributed by atoms with Crippen LogP contribution in [0.2, 0.25) is 9.49 Å². The number of nitro groups is 1. The van der Waals surface area contributed by atoms with Crippen molar-refractivity contribution in [3.8, 4) is 0 Å². The fourth-order valence-electron chi connectivity index (χ4n) is 1.30. The van der Waals surface area contributed by atoms with Gasteiger partial charge in [-0.2, -0.15) is 0 Å². The van der Waals surface area contributed by atoms with E-state index in [4.69, 9.17) is 23.2 Å². The van der Waals surface area contributed by atoms with Gasteiger partial charge in [0.25, 0.3) is 15.7 Å². The Labute approximate surface area is 127 Å². The van der Waals surface area contributed by atoms with E-state index in [1.54, 1.807) is 0 Å². The molecule has 20 heavy (non-hydrogen) atoms. The summed E-state index contributed by atoms with van der Waals surface area (Å²) in [6.45, 7) is 0. The molecule has 0 fully saturated rings. The fraction of sp³-hybridized carbons (Fsp3) is 0. The molecule has 1 heterocycles. The Morgan fingerprint density at radius 1 is 1.35 bits per heavy atom. The van der Waals surface area contributed by atoms with Gasteiger partial charge in [-0.05, 0) is 12.1 Å². The number of benzene rings is 1. The van der Waals surface area contributed by atoms with Gasteiger partial charge in [0.2, 0.25) is 0 Å². The average molecular weight is 354 g/mol. The van der Waals surface area contributed by atoms with Gasteiger partial charge in [-0.3, -0.25) is 14.8 Å². The maximum Gasteiger partial charge on any atom is 0.294 e. The molecule has 1 aromatic heterocycles. The second kappa shape index (κ2) is 5.52. The van der Waals surface area contributed by atoms with Crippen molar-refractivity contribution in [3.63, 3.8) is 0 Å². The number of hydrogen-bond acceptors (Lipinski definition) is 6. The number of thiazole rings is 1. The zero-order valence-electron chi connectivity index (χ0n) is 9.41. The van der Waals surface area contributed by atoms with Gasteiger partial charge in [0, 0.05) is 11.1 Å². The van der Waals surface area contributed by atoms with E-state index < -0.39 is 20.6 Å². The van der Waals surface area contributed by atoms with Crippen molar-refractivity contribution >= 4 is 55.9 Å². The molecule has 2 rings (SSSR count). The minimum absolute atomic E-state index is 0.0518. The van der Waals surface area contributed by atoms with E-state index in [2.05, 4.69) is 9.71 Å². The molecule has 0 spiro atoms. The lowest BCUT2D eigenvalue weighted by molar-refractivity contribution is -0.383. The van der Waals surface area contributed by atoms with E-state index in [1.165, 1.54) is 12.1 Å². The van der Waals surface area contributed by atoms with Crippen LogP contribution in [0.5, 0.6) is 0 Å². The van der Waals surface area contributed by atoms with Crippen molar-refractivity contribution in [2.24, 2.45) is 0 Å². The Morgan fingerprint density at radius 3 is 2.60 bits per heavy atom. The summed E-state index contributed by atoms with van der Waals surface area (Å²) in [6, 6.07) is 3.60. The van der Waals surface area contributed by atoms with Crippen molar-refractivity contribution in [1.29, 1.82) is 0 Å². The third-order valence-corrected chi connectivity index (χ3v) is 5.30. The van der Waals surface area contributed by atoms with Crippen molar-refractivity contribution < 1.29 is 13.3 Å². The van der Waals surface area contributed by atoms with Crippen molar-refractivity contribution in [1.82, 2.24) is 4.98 Å². The lowest BCUT2D eigenvalue weighted by Gasteiger charge is -2.06. The van der Waals surface area contributed by atoms with Crippen LogP contribution < -0.4 is 4.72 Å². The minimum atomic E-state index is -3.99. The number of aromatic nitrogens is 1. The van der Waals surface area contributed by atoms with Crippen LogP contribution in [0.25, 0.3) is 0 Å². The fourth-order valence-corrected chi connectivity index (χ4v) is 3.83. The van der Waals surface area contributed by atoms with Gasteiger partial charge in [0.1, 0.15) is 5.69 Å². The van der Waals surface area contributed by atoms with Gasteiger partial charge in [-0.1, -0.05) is 34.5 Å². The molecular weight excluding hydrogens is 349 g/mol. The van der Waals surface area contributed by atoms with Crippen LogP contribution in [-0.2, 0) is 10.0 Å². The number of nitro benzene ring substituents is 1. The topological polar surface area (TPSA) is 102 Å². The third-order valence-electron chi connectivity index (χ3n) is 2.12. The van der Waals surface area contributed by atoms with Crippen LogP contribution in [0.15, 0.2) is 28.6 Å². The first kappa shape index (κ1) is 15.0. The first-order valence-corrected chi connectivity index (χ1v) is 7.93. The van der Waals surface area contributed by atoms with Gasteiger partial charge < -0.3 is 0 Å². The number of hydrogen-bond donors (Lipinski definition) is 1. The van der Waals surface area contributed by atoms with E-state index in [0.717, 1.165) is 23.6 Å².